The van der Waals surface area contributed by atoms with E-state index in [1.165, 1.54) is 6.92 Å². The zero-order valence-corrected chi connectivity index (χ0v) is 9.43. The molecule has 1 rings (SSSR count). The van der Waals surface area contributed by atoms with E-state index in [2.05, 4.69) is 0 Å². The largest absolute Gasteiger partial charge is 0.493 e. The maximum atomic E-state index is 10.7. The summed E-state index contributed by atoms with van der Waals surface area (Å²) < 4.78 is 5.35. The van der Waals surface area contributed by atoms with E-state index in [1.807, 2.05) is 6.92 Å². The standard InChI is InChI=1S/C12H16O4/c1-3-16-10-7-5-4-6-9(10)12(2,15)8-11(13)14/h4-7,15H,3,8H2,1-2H3,(H,13,14). The number of aliphatic carboxylic acids is 1. The van der Waals surface area contributed by atoms with E-state index in [1.54, 1.807) is 24.3 Å². The Labute approximate surface area is 94.5 Å². The SMILES string of the molecule is CCOc1ccccc1C(C)(O)CC(=O)O. The normalized spacial score (nSPS) is 14.2. The Kier molecular flexibility index (Phi) is 3.90. The molecule has 1 atom stereocenters. The van der Waals surface area contributed by atoms with Gasteiger partial charge >= 0.3 is 5.97 Å². The summed E-state index contributed by atoms with van der Waals surface area (Å²) in [7, 11) is 0. The van der Waals surface area contributed by atoms with Gasteiger partial charge in [0.1, 0.15) is 11.4 Å². The lowest BCUT2D eigenvalue weighted by molar-refractivity contribution is -0.142. The Morgan fingerprint density at radius 2 is 2.06 bits per heavy atom. The molecule has 16 heavy (non-hydrogen) atoms. The number of hydrogen-bond donors (Lipinski definition) is 2. The zero-order valence-electron chi connectivity index (χ0n) is 9.43. The van der Waals surface area contributed by atoms with Gasteiger partial charge in [-0.1, -0.05) is 18.2 Å². The van der Waals surface area contributed by atoms with Gasteiger partial charge < -0.3 is 14.9 Å². The molecule has 0 heterocycles. The number of benzene rings is 1. The van der Waals surface area contributed by atoms with Gasteiger partial charge in [0.2, 0.25) is 0 Å². The first-order chi connectivity index (χ1) is 7.47. The Morgan fingerprint density at radius 3 is 2.62 bits per heavy atom. The summed E-state index contributed by atoms with van der Waals surface area (Å²) in [4.78, 5) is 10.7. The molecule has 0 bridgehead atoms. The van der Waals surface area contributed by atoms with E-state index in [0.717, 1.165) is 0 Å². The van der Waals surface area contributed by atoms with Crippen LogP contribution >= 0.6 is 0 Å². The number of hydrogen-bond acceptors (Lipinski definition) is 3. The van der Waals surface area contributed by atoms with E-state index >= 15 is 0 Å². The highest BCUT2D eigenvalue weighted by molar-refractivity contribution is 5.68. The smallest absolute Gasteiger partial charge is 0.306 e. The summed E-state index contributed by atoms with van der Waals surface area (Å²) in [6, 6.07) is 6.92. The molecule has 88 valence electrons. The monoisotopic (exact) mass is 224 g/mol. The third-order valence-electron chi connectivity index (χ3n) is 2.26. The van der Waals surface area contributed by atoms with Gasteiger partial charge in [0, 0.05) is 5.56 Å². The molecule has 4 nitrogen and oxygen atoms in total. The molecule has 0 saturated heterocycles. The molecule has 0 spiro atoms. The molecule has 1 aromatic rings. The highest BCUT2D eigenvalue weighted by Gasteiger charge is 2.29. The second-order valence-electron chi connectivity index (χ2n) is 3.77. The molecule has 0 fully saturated rings. The quantitative estimate of drug-likeness (QED) is 0.799. The van der Waals surface area contributed by atoms with Crippen molar-refractivity contribution in [1.29, 1.82) is 0 Å². The molecular weight excluding hydrogens is 208 g/mol. The van der Waals surface area contributed by atoms with Crippen LogP contribution in [0, 0.1) is 0 Å². The van der Waals surface area contributed by atoms with Crippen molar-refractivity contribution in [1.82, 2.24) is 0 Å². The highest BCUT2D eigenvalue weighted by atomic mass is 16.5. The van der Waals surface area contributed by atoms with Crippen LogP contribution in [0.5, 0.6) is 5.75 Å². The van der Waals surface area contributed by atoms with Crippen molar-refractivity contribution in [2.24, 2.45) is 0 Å². The summed E-state index contributed by atoms with van der Waals surface area (Å²) in [5, 5.41) is 18.8. The van der Waals surface area contributed by atoms with E-state index in [9.17, 15) is 9.90 Å². The molecule has 0 amide bonds. The first-order valence-corrected chi connectivity index (χ1v) is 5.14. The minimum atomic E-state index is -1.42. The van der Waals surface area contributed by atoms with Crippen molar-refractivity contribution < 1.29 is 19.7 Å². The van der Waals surface area contributed by atoms with Crippen molar-refractivity contribution in [3.8, 4) is 5.75 Å². The van der Waals surface area contributed by atoms with Gasteiger partial charge in [-0.2, -0.15) is 0 Å². The molecule has 4 heteroatoms. The minimum Gasteiger partial charge on any atom is -0.493 e. The van der Waals surface area contributed by atoms with Gasteiger partial charge in [-0.3, -0.25) is 4.79 Å². The lowest BCUT2D eigenvalue weighted by atomic mass is 9.92. The summed E-state index contributed by atoms with van der Waals surface area (Å²) in [6.07, 6.45) is -0.350. The minimum absolute atomic E-state index is 0.350. The van der Waals surface area contributed by atoms with E-state index in [0.29, 0.717) is 17.9 Å². The van der Waals surface area contributed by atoms with Gasteiger partial charge in [-0.05, 0) is 19.9 Å². The van der Waals surface area contributed by atoms with Crippen molar-refractivity contribution in [2.45, 2.75) is 25.9 Å². The van der Waals surface area contributed by atoms with Crippen LogP contribution < -0.4 is 4.74 Å². The average molecular weight is 224 g/mol. The van der Waals surface area contributed by atoms with E-state index in [-0.39, 0.29) is 6.42 Å². The van der Waals surface area contributed by atoms with Crippen LogP contribution in [-0.2, 0) is 10.4 Å². The van der Waals surface area contributed by atoms with Gasteiger partial charge in [-0.15, -0.1) is 0 Å². The predicted molar refractivity (Wildman–Crippen MR) is 59.4 cm³/mol. The Bertz CT molecular complexity index is 371. The molecule has 0 aromatic heterocycles. The molecule has 0 saturated carbocycles. The molecule has 1 aromatic carbocycles. The number of rotatable bonds is 5. The van der Waals surface area contributed by atoms with Crippen molar-refractivity contribution in [3.05, 3.63) is 29.8 Å². The number of aliphatic hydroxyl groups is 1. The maximum Gasteiger partial charge on any atom is 0.306 e. The predicted octanol–water partition coefficient (Wildman–Crippen LogP) is 1.77. The van der Waals surface area contributed by atoms with Crippen LogP contribution in [0.25, 0.3) is 0 Å². The van der Waals surface area contributed by atoms with Crippen molar-refractivity contribution in [3.63, 3.8) is 0 Å². The summed E-state index contributed by atoms with van der Waals surface area (Å²) in [5.74, 6) is -0.521. The summed E-state index contributed by atoms with van der Waals surface area (Å²) in [6.45, 7) is 3.78. The van der Waals surface area contributed by atoms with Crippen LogP contribution in [-0.4, -0.2) is 22.8 Å². The molecule has 2 N–H and O–H groups in total. The first-order valence-electron chi connectivity index (χ1n) is 5.14. The van der Waals surface area contributed by atoms with E-state index in [4.69, 9.17) is 9.84 Å². The van der Waals surface area contributed by atoms with Gasteiger partial charge in [0.05, 0.1) is 13.0 Å². The molecular formula is C12H16O4. The third kappa shape index (κ3) is 2.97. The van der Waals surface area contributed by atoms with Crippen LogP contribution in [0.2, 0.25) is 0 Å². The average Bonchev–Trinajstić information content (AvgIpc) is 2.17. The topological polar surface area (TPSA) is 66.8 Å². The summed E-state index contributed by atoms with van der Waals surface area (Å²) in [5.41, 5.74) is -0.920. The molecule has 0 aliphatic carbocycles. The number of carbonyl (C=O) groups is 1. The Balaban J connectivity index is 3.05. The maximum absolute atomic E-state index is 10.7. The number of carboxylic acid groups (broad SMARTS) is 1. The van der Waals surface area contributed by atoms with Crippen LogP contribution in [0.3, 0.4) is 0 Å². The fraction of sp³-hybridized carbons (Fsp3) is 0.417. The Hall–Kier alpha value is -1.55. The van der Waals surface area contributed by atoms with Crippen LogP contribution in [0.4, 0.5) is 0 Å². The first kappa shape index (κ1) is 12.5. The number of carboxylic acids is 1. The second kappa shape index (κ2) is 4.99. The number of ether oxygens (including phenoxy) is 1. The third-order valence-corrected chi connectivity index (χ3v) is 2.26. The van der Waals surface area contributed by atoms with Crippen molar-refractivity contribution >= 4 is 5.97 Å². The fourth-order valence-corrected chi connectivity index (χ4v) is 1.58. The lowest BCUT2D eigenvalue weighted by Gasteiger charge is -2.24. The van der Waals surface area contributed by atoms with Crippen LogP contribution in [0.15, 0.2) is 24.3 Å². The molecule has 1 unspecified atom stereocenters. The molecule has 0 aliphatic heterocycles. The summed E-state index contributed by atoms with van der Waals surface area (Å²) >= 11 is 0. The van der Waals surface area contributed by atoms with Gasteiger partial charge in [0.15, 0.2) is 0 Å². The zero-order chi connectivity index (χ0) is 12.2. The van der Waals surface area contributed by atoms with E-state index < -0.39 is 11.6 Å². The van der Waals surface area contributed by atoms with Gasteiger partial charge in [0.25, 0.3) is 0 Å². The lowest BCUT2D eigenvalue weighted by Crippen LogP contribution is -2.25. The van der Waals surface area contributed by atoms with Gasteiger partial charge in [-0.25, -0.2) is 0 Å². The van der Waals surface area contributed by atoms with Crippen LogP contribution in [0.1, 0.15) is 25.8 Å². The highest BCUT2D eigenvalue weighted by Crippen LogP contribution is 2.32. The molecule has 0 aliphatic rings. The fourth-order valence-electron chi connectivity index (χ4n) is 1.58. The molecule has 0 radical (unpaired) electrons. The Morgan fingerprint density at radius 1 is 1.44 bits per heavy atom. The second-order valence-corrected chi connectivity index (χ2v) is 3.77. The number of para-hydroxylation sites is 1. The van der Waals surface area contributed by atoms with Crippen molar-refractivity contribution in [2.75, 3.05) is 6.61 Å².